The Balaban J connectivity index is 1.73. The monoisotopic (exact) mass is 465 g/mol. The molecule has 0 radical (unpaired) electrons. The van der Waals surface area contributed by atoms with Crippen LogP contribution >= 0.6 is 0 Å². The third-order valence-electron chi connectivity index (χ3n) is 7.05. The number of hydrogen-bond acceptors (Lipinski definition) is 6. The quantitative estimate of drug-likeness (QED) is 0.582. The number of nitrogens with zero attached hydrogens (tertiary/aromatic N) is 1. The van der Waals surface area contributed by atoms with Gasteiger partial charge in [0, 0.05) is 19.0 Å². The van der Waals surface area contributed by atoms with Gasteiger partial charge in [-0.25, -0.2) is 9.59 Å². The summed E-state index contributed by atoms with van der Waals surface area (Å²) in [6.07, 6.45) is 6.29. The molecule has 0 aromatic rings. The van der Waals surface area contributed by atoms with Crippen LogP contribution in [0.3, 0.4) is 0 Å². The number of nitrogens with one attached hydrogen (secondary N) is 2. The molecule has 3 aliphatic rings. The minimum absolute atomic E-state index is 0.109. The van der Waals surface area contributed by atoms with Crippen molar-refractivity contribution in [2.24, 2.45) is 17.8 Å². The number of methoxy groups -OCH3 is 1. The van der Waals surface area contributed by atoms with Crippen LogP contribution in [0, 0.1) is 17.8 Å². The van der Waals surface area contributed by atoms with Crippen LogP contribution in [0.5, 0.6) is 0 Å². The van der Waals surface area contributed by atoms with E-state index in [9.17, 15) is 19.2 Å². The highest BCUT2D eigenvalue weighted by Crippen LogP contribution is 2.39. The first kappa shape index (κ1) is 25.3. The Bertz CT molecular complexity index is 743. The number of likely N-dealkylation sites (tertiary alicyclic amines) is 1. The van der Waals surface area contributed by atoms with Crippen molar-refractivity contribution in [1.82, 2.24) is 15.5 Å². The summed E-state index contributed by atoms with van der Waals surface area (Å²) in [6, 6.07) is -1.65. The van der Waals surface area contributed by atoms with E-state index in [4.69, 9.17) is 9.47 Å². The van der Waals surface area contributed by atoms with Gasteiger partial charge in [-0.3, -0.25) is 14.5 Å². The van der Waals surface area contributed by atoms with Gasteiger partial charge >= 0.3 is 12.1 Å². The number of hydrogen-bond donors (Lipinski definition) is 2. The normalized spacial score (nSPS) is 27.1. The number of ether oxygens (including phenoxy) is 2. The Hall–Kier alpha value is -2.32. The van der Waals surface area contributed by atoms with E-state index in [0.29, 0.717) is 31.8 Å². The molecular formula is C24H39N3O6. The van der Waals surface area contributed by atoms with Crippen molar-refractivity contribution in [3.63, 3.8) is 0 Å². The highest BCUT2D eigenvalue weighted by atomic mass is 16.6. The third-order valence-corrected chi connectivity index (χ3v) is 7.05. The third kappa shape index (κ3) is 6.60. The van der Waals surface area contributed by atoms with Crippen LogP contribution in [0.1, 0.15) is 72.1 Å². The molecule has 3 amide bonds. The molecule has 33 heavy (non-hydrogen) atoms. The fourth-order valence-electron chi connectivity index (χ4n) is 5.38. The maximum Gasteiger partial charge on any atom is 0.410 e. The van der Waals surface area contributed by atoms with E-state index in [0.717, 1.165) is 19.3 Å². The van der Waals surface area contributed by atoms with E-state index in [1.165, 1.54) is 24.9 Å². The van der Waals surface area contributed by atoms with Gasteiger partial charge < -0.3 is 20.1 Å². The number of piperidine rings is 1. The highest BCUT2D eigenvalue weighted by molar-refractivity contribution is 5.90. The van der Waals surface area contributed by atoms with Crippen LogP contribution in [-0.4, -0.2) is 66.7 Å². The summed E-state index contributed by atoms with van der Waals surface area (Å²) in [5, 5.41) is 5.60. The number of carbonyl (C=O) groups excluding carboxylic acids is 4. The molecule has 0 bridgehead atoms. The SMILES string of the molecule is COC(=O)C(CC1CCCNC1=O)NC(=O)C1CC(C2CCCC2)CN1C(=O)OC(C)(C)C. The topological polar surface area (TPSA) is 114 Å². The molecule has 2 saturated heterocycles. The second-order valence-corrected chi connectivity index (χ2v) is 10.6. The first-order valence-corrected chi connectivity index (χ1v) is 12.2. The van der Waals surface area contributed by atoms with Crippen LogP contribution in [0.25, 0.3) is 0 Å². The Labute approximate surface area is 196 Å². The molecule has 0 aromatic carbocycles. The molecule has 1 aliphatic carbocycles. The van der Waals surface area contributed by atoms with Crippen molar-refractivity contribution >= 4 is 23.9 Å². The molecule has 0 aromatic heterocycles. The molecule has 3 rings (SSSR count). The Morgan fingerprint density at radius 2 is 1.82 bits per heavy atom. The summed E-state index contributed by atoms with van der Waals surface area (Å²) >= 11 is 0. The summed E-state index contributed by atoms with van der Waals surface area (Å²) in [7, 11) is 1.27. The molecule has 0 spiro atoms. The predicted octanol–water partition coefficient (Wildman–Crippen LogP) is 2.38. The minimum Gasteiger partial charge on any atom is -0.467 e. The van der Waals surface area contributed by atoms with E-state index in [2.05, 4.69) is 10.6 Å². The molecule has 4 unspecified atom stereocenters. The fourth-order valence-corrected chi connectivity index (χ4v) is 5.38. The van der Waals surface area contributed by atoms with Gasteiger partial charge in [-0.15, -0.1) is 0 Å². The van der Waals surface area contributed by atoms with E-state index < -0.39 is 35.7 Å². The molecule has 2 heterocycles. The van der Waals surface area contributed by atoms with Crippen LogP contribution in [0.2, 0.25) is 0 Å². The second-order valence-electron chi connectivity index (χ2n) is 10.6. The van der Waals surface area contributed by atoms with Crippen molar-refractivity contribution in [2.75, 3.05) is 20.2 Å². The lowest BCUT2D eigenvalue weighted by Crippen LogP contribution is -2.53. The zero-order valence-corrected chi connectivity index (χ0v) is 20.4. The standard InChI is InChI=1S/C24H39N3O6/c1-24(2,3)33-23(31)27-14-17(15-8-5-6-9-15)13-19(27)21(29)26-18(22(30)32-4)12-16-10-7-11-25-20(16)28/h15-19H,5-14H2,1-4H3,(H,25,28)(H,26,29). The predicted molar refractivity (Wildman–Crippen MR) is 121 cm³/mol. The first-order valence-electron chi connectivity index (χ1n) is 12.2. The maximum absolute atomic E-state index is 13.4. The lowest BCUT2D eigenvalue weighted by molar-refractivity contribution is -0.146. The van der Waals surface area contributed by atoms with Crippen molar-refractivity contribution in [1.29, 1.82) is 0 Å². The smallest absolute Gasteiger partial charge is 0.410 e. The van der Waals surface area contributed by atoms with Crippen molar-refractivity contribution in [2.45, 2.75) is 89.8 Å². The molecule has 186 valence electrons. The van der Waals surface area contributed by atoms with E-state index in [1.54, 1.807) is 20.8 Å². The van der Waals surface area contributed by atoms with Crippen LogP contribution in [0.15, 0.2) is 0 Å². The lowest BCUT2D eigenvalue weighted by atomic mass is 9.88. The second kappa shape index (κ2) is 10.7. The minimum atomic E-state index is -0.942. The molecule has 2 N–H and O–H groups in total. The average Bonchev–Trinajstić information content (AvgIpc) is 3.42. The van der Waals surface area contributed by atoms with Crippen molar-refractivity contribution < 1.29 is 28.7 Å². The molecule has 4 atom stereocenters. The molecule has 3 fully saturated rings. The van der Waals surface area contributed by atoms with Crippen molar-refractivity contribution in [3.8, 4) is 0 Å². The van der Waals surface area contributed by atoms with E-state index in [-0.39, 0.29) is 24.2 Å². The van der Waals surface area contributed by atoms with Gasteiger partial charge in [-0.1, -0.05) is 25.7 Å². The zero-order chi connectivity index (χ0) is 24.2. The zero-order valence-electron chi connectivity index (χ0n) is 20.4. The van der Waals surface area contributed by atoms with Gasteiger partial charge in [0.2, 0.25) is 11.8 Å². The Kier molecular flexibility index (Phi) is 8.23. The van der Waals surface area contributed by atoms with Crippen LogP contribution in [0.4, 0.5) is 4.79 Å². The van der Waals surface area contributed by atoms with Gasteiger partial charge in [0.25, 0.3) is 0 Å². The summed E-state index contributed by atoms with van der Waals surface area (Å²) in [5.41, 5.74) is -0.674. The van der Waals surface area contributed by atoms with Gasteiger partial charge in [0.15, 0.2) is 0 Å². The number of esters is 1. The molecule has 1 saturated carbocycles. The first-order chi connectivity index (χ1) is 15.6. The molecule has 2 aliphatic heterocycles. The van der Waals surface area contributed by atoms with Gasteiger partial charge in [-0.05, 0) is 58.3 Å². The van der Waals surface area contributed by atoms with Gasteiger partial charge in [0.05, 0.1) is 7.11 Å². The molecule has 9 nitrogen and oxygen atoms in total. The highest BCUT2D eigenvalue weighted by Gasteiger charge is 2.45. The number of rotatable bonds is 6. The van der Waals surface area contributed by atoms with Crippen LogP contribution in [-0.2, 0) is 23.9 Å². The van der Waals surface area contributed by atoms with Gasteiger partial charge in [-0.2, -0.15) is 0 Å². The fraction of sp³-hybridized carbons (Fsp3) is 0.833. The lowest BCUT2D eigenvalue weighted by Gasteiger charge is -2.30. The van der Waals surface area contributed by atoms with Crippen molar-refractivity contribution in [3.05, 3.63) is 0 Å². The molecule has 9 heteroatoms. The summed E-state index contributed by atoms with van der Waals surface area (Å²) in [6.45, 7) is 6.50. The van der Waals surface area contributed by atoms with Gasteiger partial charge in [0.1, 0.15) is 17.7 Å². The largest absolute Gasteiger partial charge is 0.467 e. The Morgan fingerprint density at radius 1 is 1.12 bits per heavy atom. The number of carbonyl (C=O) groups is 4. The average molecular weight is 466 g/mol. The number of amides is 3. The van der Waals surface area contributed by atoms with Crippen LogP contribution < -0.4 is 10.6 Å². The summed E-state index contributed by atoms with van der Waals surface area (Å²) in [4.78, 5) is 52.5. The van der Waals surface area contributed by atoms with E-state index >= 15 is 0 Å². The summed E-state index contributed by atoms with van der Waals surface area (Å²) < 4.78 is 10.5. The summed E-state index contributed by atoms with van der Waals surface area (Å²) in [5.74, 6) is -0.725. The maximum atomic E-state index is 13.4. The molecular weight excluding hydrogens is 426 g/mol. The Morgan fingerprint density at radius 3 is 2.42 bits per heavy atom. The van der Waals surface area contributed by atoms with E-state index in [1.807, 2.05) is 0 Å².